The van der Waals surface area contributed by atoms with E-state index in [1.54, 1.807) is 0 Å². The second kappa shape index (κ2) is 10.0. The van der Waals surface area contributed by atoms with Gasteiger partial charge in [-0.05, 0) is 38.8 Å². The van der Waals surface area contributed by atoms with Gasteiger partial charge in [0.05, 0.1) is 0 Å². The molecule has 2 rings (SSSR count). The van der Waals surface area contributed by atoms with Crippen LogP contribution in [0.5, 0.6) is 0 Å². The third-order valence-electron chi connectivity index (χ3n) is 4.16. The van der Waals surface area contributed by atoms with Gasteiger partial charge >= 0.3 is 0 Å². The lowest BCUT2D eigenvalue weighted by Crippen LogP contribution is -2.45. The molecule has 22 heavy (non-hydrogen) atoms. The molecule has 1 saturated carbocycles. The summed E-state index contributed by atoms with van der Waals surface area (Å²) in [5.74, 6) is 0.891. The molecule has 0 radical (unpaired) electrons. The summed E-state index contributed by atoms with van der Waals surface area (Å²) in [5, 5.41) is 6.79. The van der Waals surface area contributed by atoms with Crippen molar-refractivity contribution < 1.29 is 0 Å². The minimum Gasteiger partial charge on any atom is -0.356 e. The Kier molecular flexibility index (Phi) is 8.78. The molecular weight excluding hydrogens is 387 g/mol. The van der Waals surface area contributed by atoms with E-state index in [1.807, 2.05) is 7.05 Å². The molecule has 0 bridgehead atoms. The van der Waals surface area contributed by atoms with Crippen LogP contribution in [0.25, 0.3) is 0 Å². The van der Waals surface area contributed by atoms with Crippen molar-refractivity contribution in [2.75, 3.05) is 27.2 Å². The molecular formula is C17H29IN4. The molecule has 2 N–H and O–H groups in total. The first-order chi connectivity index (χ1) is 10.2. The average molecular weight is 416 g/mol. The monoisotopic (exact) mass is 416 g/mol. The molecule has 1 aromatic rings. The highest BCUT2D eigenvalue weighted by molar-refractivity contribution is 14.0. The molecule has 1 aliphatic rings. The van der Waals surface area contributed by atoms with Gasteiger partial charge in [0.15, 0.2) is 5.96 Å². The van der Waals surface area contributed by atoms with Crippen LogP contribution in [0, 0.1) is 0 Å². The molecule has 1 aliphatic carbocycles. The fourth-order valence-electron chi connectivity index (χ4n) is 2.42. The van der Waals surface area contributed by atoms with Gasteiger partial charge in [-0.2, -0.15) is 0 Å². The minimum absolute atomic E-state index is 0. The van der Waals surface area contributed by atoms with E-state index in [-0.39, 0.29) is 24.0 Å². The maximum absolute atomic E-state index is 4.29. The molecule has 4 nitrogen and oxygen atoms in total. The van der Waals surface area contributed by atoms with Crippen molar-refractivity contribution >= 4 is 29.9 Å². The smallest absolute Gasteiger partial charge is 0.191 e. The van der Waals surface area contributed by atoms with E-state index in [0.29, 0.717) is 6.04 Å². The van der Waals surface area contributed by atoms with E-state index in [2.05, 4.69) is 64.8 Å². The maximum atomic E-state index is 4.29. The summed E-state index contributed by atoms with van der Waals surface area (Å²) in [6.07, 6.45) is 3.72. The highest BCUT2D eigenvalue weighted by Gasteiger charge is 2.28. The third-order valence-corrected chi connectivity index (χ3v) is 4.16. The first-order valence-corrected chi connectivity index (χ1v) is 7.91. The van der Waals surface area contributed by atoms with Crippen LogP contribution in [-0.2, 0) is 6.42 Å². The van der Waals surface area contributed by atoms with Crippen molar-refractivity contribution in [3.05, 3.63) is 35.9 Å². The Bertz CT molecular complexity index is 445. The summed E-state index contributed by atoms with van der Waals surface area (Å²) in [5.41, 5.74) is 1.35. The lowest BCUT2D eigenvalue weighted by atomic mass is 10.1. The van der Waals surface area contributed by atoms with Crippen LogP contribution in [0.1, 0.15) is 25.3 Å². The van der Waals surface area contributed by atoms with Crippen LogP contribution >= 0.6 is 24.0 Å². The van der Waals surface area contributed by atoms with Gasteiger partial charge in [0, 0.05) is 32.2 Å². The predicted molar refractivity (Wildman–Crippen MR) is 105 cm³/mol. The molecule has 1 fully saturated rings. The van der Waals surface area contributed by atoms with Crippen LogP contribution in [0.2, 0.25) is 0 Å². The molecule has 1 unspecified atom stereocenters. The molecule has 0 spiro atoms. The van der Waals surface area contributed by atoms with E-state index in [9.17, 15) is 0 Å². The number of halogens is 1. The van der Waals surface area contributed by atoms with Crippen molar-refractivity contribution in [2.45, 2.75) is 38.3 Å². The Morgan fingerprint density at radius 2 is 1.95 bits per heavy atom. The van der Waals surface area contributed by atoms with E-state index in [1.165, 1.54) is 18.4 Å². The summed E-state index contributed by atoms with van der Waals surface area (Å²) >= 11 is 0. The van der Waals surface area contributed by atoms with Crippen molar-refractivity contribution in [3.8, 4) is 0 Å². The van der Waals surface area contributed by atoms with Crippen LogP contribution < -0.4 is 10.6 Å². The first kappa shape index (κ1) is 19.2. The van der Waals surface area contributed by atoms with Crippen molar-refractivity contribution in [1.82, 2.24) is 15.5 Å². The highest BCUT2D eigenvalue weighted by Crippen LogP contribution is 2.26. The van der Waals surface area contributed by atoms with Crippen LogP contribution in [0.15, 0.2) is 35.3 Å². The summed E-state index contributed by atoms with van der Waals surface area (Å²) in [6.45, 7) is 4.09. The van der Waals surface area contributed by atoms with Gasteiger partial charge in [-0.25, -0.2) is 0 Å². The number of rotatable bonds is 7. The van der Waals surface area contributed by atoms with E-state index in [0.717, 1.165) is 31.5 Å². The van der Waals surface area contributed by atoms with Gasteiger partial charge in [0.2, 0.25) is 0 Å². The van der Waals surface area contributed by atoms with Gasteiger partial charge in [-0.15, -0.1) is 24.0 Å². The lowest BCUT2D eigenvalue weighted by Gasteiger charge is -2.25. The minimum atomic E-state index is 0. The molecule has 1 aromatic carbocycles. The number of nitrogens with one attached hydrogen (secondary N) is 2. The van der Waals surface area contributed by atoms with Gasteiger partial charge < -0.3 is 10.6 Å². The Labute approximate surface area is 151 Å². The van der Waals surface area contributed by atoms with Crippen LogP contribution in [0.3, 0.4) is 0 Å². The Balaban J connectivity index is 0.00000242. The standard InChI is InChI=1S/C17H28N4.HI/c1-14(21(3)16-9-10-16)13-20-17(18-2)19-12-11-15-7-5-4-6-8-15;/h4-8,14,16H,9-13H2,1-3H3,(H2,18,19,20);1H. The lowest BCUT2D eigenvalue weighted by molar-refractivity contribution is 0.247. The first-order valence-electron chi connectivity index (χ1n) is 7.91. The zero-order valence-electron chi connectivity index (χ0n) is 13.9. The topological polar surface area (TPSA) is 39.7 Å². The Hall–Kier alpha value is -0.820. The number of hydrogen-bond donors (Lipinski definition) is 2. The van der Waals surface area contributed by atoms with E-state index >= 15 is 0 Å². The molecule has 1 atom stereocenters. The summed E-state index contributed by atoms with van der Waals surface area (Å²) < 4.78 is 0. The van der Waals surface area contributed by atoms with Gasteiger partial charge in [-0.1, -0.05) is 30.3 Å². The predicted octanol–water partition coefficient (Wildman–Crippen LogP) is 2.49. The second-order valence-corrected chi connectivity index (χ2v) is 5.86. The normalized spacial score (nSPS) is 16.1. The van der Waals surface area contributed by atoms with Crippen LogP contribution in [-0.4, -0.2) is 50.1 Å². The summed E-state index contributed by atoms with van der Waals surface area (Å²) in [6, 6.07) is 11.9. The quantitative estimate of drug-likeness (QED) is 0.408. The maximum Gasteiger partial charge on any atom is 0.191 e. The number of aliphatic imine (C=N–C) groups is 1. The molecule has 5 heteroatoms. The molecule has 0 heterocycles. The van der Waals surface area contributed by atoms with Crippen molar-refractivity contribution in [2.24, 2.45) is 4.99 Å². The van der Waals surface area contributed by atoms with Crippen molar-refractivity contribution in [3.63, 3.8) is 0 Å². The van der Waals surface area contributed by atoms with Crippen LogP contribution in [0.4, 0.5) is 0 Å². The number of guanidine groups is 1. The fraction of sp³-hybridized carbons (Fsp3) is 0.588. The molecule has 0 aliphatic heterocycles. The summed E-state index contributed by atoms with van der Waals surface area (Å²) in [4.78, 5) is 6.75. The van der Waals surface area contributed by atoms with Gasteiger partial charge in [0.1, 0.15) is 0 Å². The average Bonchev–Trinajstić information content (AvgIpc) is 3.35. The van der Waals surface area contributed by atoms with Gasteiger partial charge in [0.25, 0.3) is 0 Å². The third kappa shape index (κ3) is 6.52. The SMILES string of the molecule is CN=C(NCCc1ccccc1)NCC(C)N(C)C1CC1.I. The second-order valence-electron chi connectivity index (χ2n) is 5.86. The largest absolute Gasteiger partial charge is 0.356 e. The van der Waals surface area contributed by atoms with E-state index in [4.69, 9.17) is 0 Å². The van der Waals surface area contributed by atoms with Crippen molar-refractivity contribution in [1.29, 1.82) is 0 Å². The van der Waals surface area contributed by atoms with E-state index < -0.39 is 0 Å². The zero-order chi connectivity index (χ0) is 15.1. The molecule has 0 amide bonds. The number of nitrogens with zero attached hydrogens (tertiary/aromatic N) is 2. The van der Waals surface area contributed by atoms with Gasteiger partial charge in [-0.3, -0.25) is 9.89 Å². The number of hydrogen-bond acceptors (Lipinski definition) is 2. The molecule has 124 valence electrons. The number of benzene rings is 1. The molecule has 0 saturated heterocycles. The summed E-state index contributed by atoms with van der Waals surface area (Å²) in [7, 11) is 4.04. The Morgan fingerprint density at radius 1 is 1.27 bits per heavy atom. The highest BCUT2D eigenvalue weighted by atomic mass is 127. The fourth-order valence-corrected chi connectivity index (χ4v) is 2.42. The molecule has 0 aromatic heterocycles. The number of likely N-dealkylation sites (N-methyl/N-ethyl adjacent to an activating group) is 1. The zero-order valence-corrected chi connectivity index (χ0v) is 16.2. The Morgan fingerprint density at radius 3 is 2.55 bits per heavy atom.